The fraction of sp³-hybridized carbons (Fsp3) is 0.278. The summed E-state index contributed by atoms with van der Waals surface area (Å²) in [6.45, 7) is 1.67. The first kappa shape index (κ1) is 19.6. The monoisotopic (exact) mass is 402 g/mol. The largest absolute Gasteiger partial charge is 0.452 e. The molecule has 1 aromatic carbocycles. The summed E-state index contributed by atoms with van der Waals surface area (Å²) in [5, 5.41) is 6.38. The Hall–Kier alpha value is -3.14. The van der Waals surface area contributed by atoms with Crippen LogP contribution in [-0.4, -0.2) is 63.2 Å². The van der Waals surface area contributed by atoms with E-state index in [4.69, 9.17) is 4.74 Å². The summed E-state index contributed by atoms with van der Waals surface area (Å²) >= 11 is 0.935. The van der Waals surface area contributed by atoms with Crippen LogP contribution in [0.5, 0.6) is 0 Å². The van der Waals surface area contributed by atoms with Crippen LogP contribution in [-0.2, 0) is 14.3 Å². The van der Waals surface area contributed by atoms with E-state index in [-0.39, 0.29) is 30.0 Å². The molecule has 0 bridgehead atoms. The van der Waals surface area contributed by atoms with Gasteiger partial charge in [-0.15, -0.1) is 0 Å². The number of ether oxygens (including phenoxy) is 1. The van der Waals surface area contributed by atoms with E-state index < -0.39 is 18.5 Å². The molecule has 10 heteroatoms. The highest BCUT2D eigenvalue weighted by molar-refractivity contribution is 8.14. The molecule has 1 fully saturated rings. The summed E-state index contributed by atoms with van der Waals surface area (Å²) in [4.78, 5) is 47.8. The van der Waals surface area contributed by atoms with Crippen molar-refractivity contribution in [3.63, 3.8) is 0 Å². The van der Waals surface area contributed by atoms with Crippen molar-refractivity contribution in [2.75, 3.05) is 25.4 Å². The lowest BCUT2D eigenvalue weighted by atomic mass is 10.2. The molecule has 0 unspecified atom stereocenters. The third-order valence-corrected chi connectivity index (χ3v) is 4.87. The van der Waals surface area contributed by atoms with E-state index >= 15 is 0 Å². The van der Waals surface area contributed by atoms with Crippen molar-refractivity contribution in [3.8, 4) is 5.69 Å². The number of nitrogens with zero attached hydrogens (tertiary/aromatic N) is 3. The maximum absolute atomic E-state index is 12.1. The van der Waals surface area contributed by atoms with Gasteiger partial charge in [0.2, 0.25) is 5.91 Å². The Morgan fingerprint density at radius 2 is 1.96 bits per heavy atom. The molecule has 3 rings (SSSR count). The highest BCUT2D eigenvalue weighted by Gasteiger charge is 2.29. The van der Waals surface area contributed by atoms with Crippen LogP contribution in [0.2, 0.25) is 0 Å². The van der Waals surface area contributed by atoms with Gasteiger partial charge in [0.1, 0.15) is 0 Å². The number of amides is 3. The van der Waals surface area contributed by atoms with E-state index in [0.717, 1.165) is 28.0 Å². The number of carbonyl (C=O) groups is 4. The van der Waals surface area contributed by atoms with Crippen molar-refractivity contribution in [2.24, 2.45) is 0 Å². The summed E-state index contributed by atoms with van der Waals surface area (Å²) in [7, 11) is 0. The van der Waals surface area contributed by atoms with Gasteiger partial charge >= 0.3 is 5.97 Å². The topological polar surface area (TPSA) is 111 Å². The van der Waals surface area contributed by atoms with Gasteiger partial charge < -0.3 is 10.1 Å². The molecular formula is C18H18N4O5S. The molecule has 1 aromatic heterocycles. The van der Waals surface area contributed by atoms with Crippen molar-refractivity contribution < 1.29 is 23.9 Å². The fourth-order valence-electron chi connectivity index (χ4n) is 2.55. The van der Waals surface area contributed by atoms with Crippen LogP contribution in [0.15, 0.2) is 36.5 Å². The van der Waals surface area contributed by atoms with Crippen molar-refractivity contribution in [1.29, 1.82) is 0 Å². The maximum atomic E-state index is 12.1. The summed E-state index contributed by atoms with van der Waals surface area (Å²) < 4.78 is 6.72. The number of nitrogens with one attached hydrogen (secondary N) is 1. The lowest BCUT2D eigenvalue weighted by Gasteiger charge is -2.13. The first-order chi connectivity index (χ1) is 13.5. The van der Waals surface area contributed by atoms with E-state index in [1.807, 2.05) is 13.0 Å². The first-order valence-electron chi connectivity index (χ1n) is 8.47. The van der Waals surface area contributed by atoms with Crippen LogP contribution < -0.4 is 5.32 Å². The van der Waals surface area contributed by atoms with Crippen LogP contribution in [0, 0.1) is 6.92 Å². The number of hydrogen-bond donors (Lipinski definition) is 1. The second kappa shape index (κ2) is 8.70. The maximum Gasteiger partial charge on any atom is 0.338 e. The van der Waals surface area contributed by atoms with Gasteiger partial charge in [-0.2, -0.15) is 5.10 Å². The number of aromatic nitrogens is 2. The Morgan fingerprint density at radius 1 is 1.21 bits per heavy atom. The first-order valence-corrected chi connectivity index (χ1v) is 9.46. The Balaban J connectivity index is 1.43. The molecule has 0 spiro atoms. The molecule has 1 aliphatic heterocycles. The average molecular weight is 402 g/mol. The van der Waals surface area contributed by atoms with Crippen LogP contribution in [0.3, 0.4) is 0 Å². The average Bonchev–Trinajstić information content (AvgIpc) is 3.26. The zero-order valence-corrected chi connectivity index (χ0v) is 15.9. The zero-order valence-electron chi connectivity index (χ0n) is 15.1. The SMILES string of the molecule is Cc1ccnn1-c1ccc(C(=O)OCC(=O)NCCN2C(=O)CSC2=O)cc1. The normalized spacial score (nSPS) is 13.7. The number of rotatable bonds is 7. The molecule has 1 saturated heterocycles. The van der Waals surface area contributed by atoms with E-state index in [1.54, 1.807) is 35.1 Å². The molecule has 0 aliphatic carbocycles. The van der Waals surface area contributed by atoms with Crippen molar-refractivity contribution in [2.45, 2.75) is 6.92 Å². The Bertz CT molecular complexity index is 893. The molecule has 1 aliphatic rings. The summed E-state index contributed by atoms with van der Waals surface area (Å²) in [5.41, 5.74) is 2.08. The van der Waals surface area contributed by atoms with Crippen LogP contribution in [0.25, 0.3) is 5.69 Å². The minimum Gasteiger partial charge on any atom is -0.452 e. The molecule has 0 saturated carbocycles. The quantitative estimate of drug-likeness (QED) is 0.692. The number of hydrogen-bond acceptors (Lipinski definition) is 7. The lowest BCUT2D eigenvalue weighted by molar-refractivity contribution is -0.126. The fourth-order valence-corrected chi connectivity index (χ4v) is 3.30. The second-order valence-corrected chi connectivity index (χ2v) is 6.88. The second-order valence-electron chi connectivity index (χ2n) is 5.96. The standard InChI is InChI=1S/C18H18N4O5S/c1-12-6-7-20-22(12)14-4-2-13(3-5-14)17(25)27-10-15(23)19-8-9-21-16(24)11-28-18(21)26/h2-7H,8-11H2,1H3,(H,19,23). The van der Waals surface area contributed by atoms with Crippen LogP contribution in [0.1, 0.15) is 16.1 Å². The number of aryl methyl sites for hydroxylation is 1. The van der Waals surface area contributed by atoms with Gasteiger partial charge in [-0.05, 0) is 37.3 Å². The van der Waals surface area contributed by atoms with Gasteiger partial charge in [-0.1, -0.05) is 11.8 Å². The predicted molar refractivity (Wildman–Crippen MR) is 101 cm³/mol. The molecule has 3 amide bonds. The molecule has 0 atom stereocenters. The highest BCUT2D eigenvalue weighted by Crippen LogP contribution is 2.17. The molecule has 1 N–H and O–H groups in total. The molecule has 28 heavy (non-hydrogen) atoms. The molecule has 0 radical (unpaired) electrons. The van der Waals surface area contributed by atoms with E-state index in [0.29, 0.717) is 5.56 Å². The highest BCUT2D eigenvalue weighted by atomic mass is 32.2. The number of esters is 1. The third-order valence-electron chi connectivity index (χ3n) is 4.01. The molecule has 146 valence electrons. The van der Waals surface area contributed by atoms with E-state index in [1.165, 1.54) is 0 Å². The number of imide groups is 1. The van der Waals surface area contributed by atoms with Gasteiger partial charge in [-0.25, -0.2) is 9.48 Å². The number of carbonyl (C=O) groups excluding carboxylic acids is 4. The summed E-state index contributed by atoms with van der Waals surface area (Å²) in [5.74, 6) is -1.28. The lowest BCUT2D eigenvalue weighted by Crippen LogP contribution is -2.38. The van der Waals surface area contributed by atoms with Crippen molar-refractivity contribution in [1.82, 2.24) is 20.0 Å². The van der Waals surface area contributed by atoms with Gasteiger partial charge in [0.25, 0.3) is 11.1 Å². The van der Waals surface area contributed by atoms with E-state index in [2.05, 4.69) is 10.4 Å². The Labute approximate surface area is 165 Å². The Morgan fingerprint density at radius 3 is 2.57 bits per heavy atom. The van der Waals surface area contributed by atoms with Crippen LogP contribution >= 0.6 is 11.8 Å². The molecule has 9 nitrogen and oxygen atoms in total. The van der Waals surface area contributed by atoms with Gasteiger partial charge in [0.15, 0.2) is 6.61 Å². The number of thioether (sulfide) groups is 1. The van der Waals surface area contributed by atoms with Gasteiger partial charge in [0, 0.05) is 25.0 Å². The van der Waals surface area contributed by atoms with Crippen molar-refractivity contribution in [3.05, 3.63) is 47.8 Å². The Kier molecular flexibility index (Phi) is 6.09. The third kappa shape index (κ3) is 4.58. The minimum absolute atomic E-state index is 0.0959. The molecule has 2 heterocycles. The van der Waals surface area contributed by atoms with E-state index in [9.17, 15) is 19.2 Å². The predicted octanol–water partition coefficient (Wildman–Crippen LogP) is 1.15. The minimum atomic E-state index is -0.625. The van der Waals surface area contributed by atoms with Crippen molar-refractivity contribution >= 4 is 34.8 Å². The summed E-state index contributed by atoms with van der Waals surface area (Å²) in [6.07, 6.45) is 1.69. The molecular weight excluding hydrogens is 384 g/mol. The zero-order chi connectivity index (χ0) is 20.1. The summed E-state index contributed by atoms with van der Waals surface area (Å²) in [6, 6.07) is 8.53. The number of benzene rings is 1. The van der Waals surface area contributed by atoms with Gasteiger partial charge in [-0.3, -0.25) is 19.3 Å². The van der Waals surface area contributed by atoms with Gasteiger partial charge in [0.05, 0.1) is 17.0 Å². The smallest absolute Gasteiger partial charge is 0.338 e. The molecule has 2 aromatic rings. The van der Waals surface area contributed by atoms with Crippen LogP contribution in [0.4, 0.5) is 4.79 Å².